The Hall–Kier alpha value is -3.13. The highest BCUT2D eigenvalue weighted by Crippen LogP contribution is 2.24. The molecular weight excluding hydrogens is 426 g/mol. The SMILES string of the molecule is CCCCCCNC(=O)c1c[nH]c2ccc(S(=O)(=O)N(CC)c3ccccc3)cc2c1=O. The van der Waals surface area contributed by atoms with Crippen molar-refractivity contribution in [1.82, 2.24) is 10.3 Å². The molecule has 3 aromatic rings. The summed E-state index contributed by atoms with van der Waals surface area (Å²) in [6, 6.07) is 13.2. The van der Waals surface area contributed by atoms with Gasteiger partial charge < -0.3 is 10.3 Å². The lowest BCUT2D eigenvalue weighted by molar-refractivity contribution is 0.0951. The summed E-state index contributed by atoms with van der Waals surface area (Å²) >= 11 is 0. The molecule has 0 saturated carbocycles. The van der Waals surface area contributed by atoms with Crippen LogP contribution >= 0.6 is 0 Å². The largest absolute Gasteiger partial charge is 0.360 e. The van der Waals surface area contributed by atoms with Crippen molar-refractivity contribution in [3.8, 4) is 0 Å². The lowest BCUT2D eigenvalue weighted by atomic mass is 10.1. The number of H-pyrrole nitrogens is 1. The topological polar surface area (TPSA) is 99.3 Å². The highest BCUT2D eigenvalue weighted by Gasteiger charge is 2.24. The fourth-order valence-electron chi connectivity index (χ4n) is 3.59. The van der Waals surface area contributed by atoms with E-state index in [4.69, 9.17) is 0 Å². The van der Waals surface area contributed by atoms with E-state index in [1.165, 1.54) is 22.6 Å². The van der Waals surface area contributed by atoms with E-state index in [0.717, 1.165) is 25.7 Å². The van der Waals surface area contributed by atoms with Crippen LogP contribution < -0.4 is 15.1 Å². The second-order valence-corrected chi connectivity index (χ2v) is 9.42. The van der Waals surface area contributed by atoms with E-state index < -0.39 is 21.4 Å². The zero-order valence-corrected chi connectivity index (χ0v) is 19.2. The summed E-state index contributed by atoms with van der Waals surface area (Å²) in [7, 11) is -3.89. The molecule has 1 amide bonds. The number of hydrogen-bond acceptors (Lipinski definition) is 4. The maximum Gasteiger partial charge on any atom is 0.264 e. The zero-order valence-electron chi connectivity index (χ0n) is 18.4. The van der Waals surface area contributed by atoms with Gasteiger partial charge in [0, 0.05) is 30.2 Å². The van der Waals surface area contributed by atoms with Crippen molar-refractivity contribution < 1.29 is 13.2 Å². The van der Waals surface area contributed by atoms with Gasteiger partial charge in [-0.25, -0.2) is 8.42 Å². The van der Waals surface area contributed by atoms with Crippen molar-refractivity contribution >= 4 is 32.5 Å². The zero-order chi connectivity index (χ0) is 23.1. The number of benzene rings is 2. The smallest absolute Gasteiger partial charge is 0.264 e. The number of unbranched alkanes of at least 4 members (excludes halogenated alkanes) is 3. The van der Waals surface area contributed by atoms with Crippen LogP contribution in [0.4, 0.5) is 5.69 Å². The number of nitrogens with one attached hydrogen (secondary N) is 2. The van der Waals surface area contributed by atoms with Crippen LogP contribution in [-0.4, -0.2) is 32.4 Å². The molecule has 0 fully saturated rings. The third kappa shape index (κ3) is 5.02. The molecule has 2 aromatic carbocycles. The molecule has 2 N–H and O–H groups in total. The molecule has 0 atom stereocenters. The van der Waals surface area contributed by atoms with Gasteiger partial charge in [0.2, 0.25) is 5.43 Å². The Morgan fingerprint density at radius 3 is 2.47 bits per heavy atom. The Morgan fingerprint density at radius 2 is 1.78 bits per heavy atom. The first-order valence-electron chi connectivity index (χ1n) is 10.9. The minimum Gasteiger partial charge on any atom is -0.360 e. The first kappa shape index (κ1) is 23.5. The van der Waals surface area contributed by atoms with Gasteiger partial charge in [0.05, 0.1) is 10.6 Å². The average molecular weight is 456 g/mol. The average Bonchev–Trinajstić information content (AvgIpc) is 2.80. The maximum absolute atomic E-state index is 13.3. The van der Waals surface area contributed by atoms with Gasteiger partial charge in [-0.1, -0.05) is 44.4 Å². The van der Waals surface area contributed by atoms with Crippen molar-refractivity contribution in [2.45, 2.75) is 44.4 Å². The van der Waals surface area contributed by atoms with Gasteiger partial charge >= 0.3 is 0 Å². The molecule has 0 spiro atoms. The first-order valence-corrected chi connectivity index (χ1v) is 12.4. The molecule has 0 aliphatic carbocycles. The third-order valence-electron chi connectivity index (χ3n) is 5.33. The van der Waals surface area contributed by atoms with Crippen molar-refractivity contribution in [3.63, 3.8) is 0 Å². The van der Waals surface area contributed by atoms with E-state index in [1.54, 1.807) is 37.3 Å². The number of carbonyl (C=O) groups excluding carboxylic acids is 1. The van der Waals surface area contributed by atoms with Gasteiger partial charge in [-0.15, -0.1) is 0 Å². The summed E-state index contributed by atoms with van der Waals surface area (Å²) in [6.45, 7) is 4.59. The fraction of sp³-hybridized carbons (Fsp3) is 0.333. The van der Waals surface area contributed by atoms with Crippen LogP contribution in [-0.2, 0) is 10.0 Å². The molecule has 0 saturated heterocycles. The number of hydrogen-bond donors (Lipinski definition) is 2. The van der Waals surface area contributed by atoms with Gasteiger partial charge in [-0.2, -0.15) is 0 Å². The Morgan fingerprint density at radius 1 is 1.03 bits per heavy atom. The lowest BCUT2D eigenvalue weighted by Crippen LogP contribution is -2.31. The Kier molecular flexibility index (Phi) is 7.69. The summed E-state index contributed by atoms with van der Waals surface area (Å²) in [6.07, 6.45) is 5.44. The highest BCUT2D eigenvalue weighted by molar-refractivity contribution is 7.92. The summed E-state index contributed by atoms with van der Waals surface area (Å²) in [5, 5.41) is 2.93. The number of amides is 1. The number of para-hydroxylation sites is 1. The molecule has 1 aromatic heterocycles. The minimum absolute atomic E-state index is 0.00155. The number of sulfonamides is 1. The molecule has 7 nitrogen and oxygen atoms in total. The van der Waals surface area contributed by atoms with E-state index in [2.05, 4.69) is 17.2 Å². The van der Waals surface area contributed by atoms with Gasteiger partial charge in [0.15, 0.2) is 0 Å². The maximum atomic E-state index is 13.3. The van der Waals surface area contributed by atoms with E-state index in [1.807, 2.05) is 6.07 Å². The van der Waals surface area contributed by atoms with Gasteiger partial charge in [-0.05, 0) is 43.7 Å². The number of fused-ring (bicyclic) bond motifs is 1. The van der Waals surface area contributed by atoms with Crippen LogP contribution in [0.2, 0.25) is 0 Å². The second-order valence-electron chi connectivity index (χ2n) is 7.56. The van der Waals surface area contributed by atoms with E-state index >= 15 is 0 Å². The number of anilines is 1. The summed E-state index contributed by atoms with van der Waals surface area (Å²) in [5.74, 6) is -0.461. The van der Waals surface area contributed by atoms with E-state index in [-0.39, 0.29) is 22.4 Å². The normalized spacial score (nSPS) is 11.4. The Labute approximate surface area is 188 Å². The standard InChI is InChI=1S/C24H29N3O4S/c1-3-5-6-10-15-25-24(29)21-17-26-22-14-13-19(16-20(22)23(21)28)32(30,31)27(4-2)18-11-8-7-9-12-18/h7-9,11-14,16-17H,3-6,10,15H2,1-2H3,(H,25,29)(H,26,28). The molecule has 1 heterocycles. The molecule has 0 aliphatic rings. The van der Waals surface area contributed by atoms with Crippen molar-refractivity contribution in [2.75, 3.05) is 17.4 Å². The van der Waals surface area contributed by atoms with E-state index in [0.29, 0.717) is 17.7 Å². The Balaban J connectivity index is 1.93. The summed E-state index contributed by atoms with van der Waals surface area (Å²) in [5.41, 5.74) is 0.485. The van der Waals surface area contributed by atoms with Crippen LogP contribution in [0.3, 0.4) is 0 Å². The highest BCUT2D eigenvalue weighted by atomic mass is 32.2. The molecule has 0 radical (unpaired) electrons. The number of rotatable bonds is 10. The quantitative estimate of drug-likeness (QED) is 0.451. The number of nitrogens with zero attached hydrogens (tertiary/aromatic N) is 1. The van der Waals surface area contributed by atoms with Crippen LogP contribution in [0.25, 0.3) is 10.9 Å². The van der Waals surface area contributed by atoms with Crippen LogP contribution in [0.5, 0.6) is 0 Å². The van der Waals surface area contributed by atoms with Crippen molar-refractivity contribution in [2.24, 2.45) is 0 Å². The van der Waals surface area contributed by atoms with Crippen molar-refractivity contribution in [1.29, 1.82) is 0 Å². The van der Waals surface area contributed by atoms with Gasteiger partial charge in [0.25, 0.3) is 15.9 Å². The molecule has 3 rings (SSSR count). The predicted octanol–water partition coefficient (Wildman–Crippen LogP) is 4.05. The molecule has 170 valence electrons. The third-order valence-corrected chi connectivity index (χ3v) is 7.23. The molecule has 0 aliphatic heterocycles. The van der Waals surface area contributed by atoms with Crippen LogP contribution in [0.1, 0.15) is 49.9 Å². The van der Waals surface area contributed by atoms with Crippen molar-refractivity contribution in [3.05, 3.63) is 70.5 Å². The predicted molar refractivity (Wildman–Crippen MR) is 128 cm³/mol. The molecule has 0 unspecified atom stereocenters. The van der Waals surface area contributed by atoms with Gasteiger partial charge in [0.1, 0.15) is 5.56 Å². The molecule has 32 heavy (non-hydrogen) atoms. The first-order chi connectivity index (χ1) is 15.4. The van der Waals surface area contributed by atoms with E-state index in [9.17, 15) is 18.0 Å². The molecule has 8 heteroatoms. The molecular formula is C24H29N3O4S. The van der Waals surface area contributed by atoms with Crippen LogP contribution in [0, 0.1) is 0 Å². The lowest BCUT2D eigenvalue weighted by Gasteiger charge is -2.23. The summed E-state index contributed by atoms with van der Waals surface area (Å²) < 4.78 is 27.9. The number of aromatic amines is 1. The van der Waals surface area contributed by atoms with Gasteiger partial charge in [-0.3, -0.25) is 13.9 Å². The minimum atomic E-state index is -3.89. The number of carbonyl (C=O) groups is 1. The second kappa shape index (κ2) is 10.5. The fourth-order valence-corrected chi connectivity index (χ4v) is 5.09. The number of pyridine rings is 1. The summed E-state index contributed by atoms with van der Waals surface area (Å²) in [4.78, 5) is 28.4. The van der Waals surface area contributed by atoms with Crippen LogP contribution in [0.15, 0.2) is 64.4 Å². The monoisotopic (exact) mass is 455 g/mol. The number of aromatic nitrogens is 1. The molecule has 0 bridgehead atoms. The Bertz CT molecular complexity index is 1240.